The molecule has 1 aliphatic rings. The van der Waals surface area contributed by atoms with Crippen molar-refractivity contribution < 1.29 is 51.6 Å². The summed E-state index contributed by atoms with van der Waals surface area (Å²) in [6, 6.07) is 21.0. The largest absolute Gasteiger partial charge is 3.00 e. The molecule has 26 heavy (non-hydrogen) atoms. The van der Waals surface area contributed by atoms with Crippen molar-refractivity contribution in [3.63, 3.8) is 0 Å². The summed E-state index contributed by atoms with van der Waals surface area (Å²) in [5.41, 5.74) is 4.98. The first-order chi connectivity index (χ1) is 11.2. The van der Waals surface area contributed by atoms with E-state index in [0.29, 0.717) is 0 Å². The molecule has 0 aromatic heterocycles. The van der Waals surface area contributed by atoms with Gasteiger partial charge in [-0.25, -0.2) is 0 Å². The Morgan fingerprint density at radius 2 is 1.65 bits per heavy atom. The first-order valence-electron chi connectivity index (χ1n) is 7.85. The molecule has 1 radical (unpaired) electrons. The summed E-state index contributed by atoms with van der Waals surface area (Å²) in [6.07, 6.45) is 5.63. The van der Waals surface area contributed by atoms with Crippen molar-refractivity contribution >= 4 is 5.57 Å². The van der Waals surface area contributed by atoms with Gasteiger partial charge in [-0.2, -0.15) is 0 Å². The Hall–Kier alpha value is -0.866. The Bertz CT molecular complexity index is 658. The third-order valence-electron chi connectivity index (χ3n) is 3.52. The molecule has 0 spiro atoms. The number of aliphatic hydroxyl groups is 1. The fourth-order valence-corrected chi connectivity index (χ4v) is 2.42. The summed E-state index contributed by atoms with van der Waals surface area (Å²) in [6.45, 7) is 1.16. The van der Waals surface area contributed by atoms with Crippen molar-refractivity contribution in [2.75, 3.05) is 20.6 Å². The van der Waals surface area contributed by atoms with Crippen LogP contribution in [-0.2, 0) is 28.3 Å². The molecule has 3 rings (SSSR count). The van der Waals surface area contributed by atoms with Crippen LogP contribution in [0.2, 0.25) is 0 Å². The van der Waals surface area contributed by atoms with Crippen LogP contribution >= 0.6 is 0 Å². The first-order valence-corrected chi connectivity index (χ1v) is 7.85. The second-order valence-corrected chi connectivity index (χ2v) is 5.81. The monoisotopic (exact) mass is 424 g/mol. The van der Waals surface area contributed by atoms with Crippen LogP contribution in [0.4, 0.5) is 0 Å². The van der Waals surface area contributed by atoms with E-state index in [1.807, 2.05) is 42.5 Å². The van der Waals surface area contributed by atoms with Crippen molar-refractivity contribution in [2.24, 2.45) is 0 Å². The van der Waals surface area contributed by atoms with Gasteiger partial charge in [-0.3, -0.25) is 0 Å². The molecule has 2 nitrogen and oxygen atoms in total. The molecular formula is C21H24Cl2NOTi. The van der Waals surface area contributed by atoms with Crippen LogP contribution in [0.15, 0.2) is 72.3 Å². The number of benzene rings is 2. The fraction of sp³-hybridized carbons (Fsp3) is 0.238. The third kappa shape index (κ3) is 9.73. The molecule has 0 aliphatic heterocycles. The Morgan fingerprint density at radius 3 is 2.15 bits per heavy atom. The normalized spacial score (nSPS) is 11.7. The Balaban J connectivity index is 0. The molecule has 1 N–H and O–H groups in total. The first kappa shape index (κ1) is 27.4. The molecule has 2 aromatic carbocycles. The number of likely N-dealkylation sites (N-methyl/N-ethyl adjacent to an activating group) is 1. The predicted molar refractivity (Wildman–Crippen MR) is 96.9 cm³/mol. The molecule has 0 heterocycles. The van der Waals surface area contributed by atoms with E-state index in [0.717, 1.165) is 18.5 Å². The van der Waals surface area contributed by atoms with Crippen molar-refractivity contribution in [3.05, 3.63) is 89.5 Å². The number of hydrogen-bond donors (Lipinski definition) is 1. The Labute approximate surface area is 184 Å². The van der Waals surface area contributed by atoms with Crippen LogP contribution in [0.5, 0.6) is 0 Å². The molecule has 0 unspecified atom stereocenters. The van der Waals surface area contributed by atoms with Crippen molar-refractivity contribution in [1.29, 1.82) is 0 Å². The predicted octanol–water partition coefficient (Wildman–Crippen LogP) is -2.05. The van der Waals surface area contributed by atoms with Crippen LogP contribution in [0.3, 0.4) is 0 Å². The maximum absolute atomic E-state index is 8.54. The summed E-state index contributed by atoms with van der Waals surface area (Å²) in [5, 5.41) is 8.54. The van der Waals surface area contributed by atoms with Gasteiger partial charge < -0.3 is 34.8 Å². The number of hydrogen-bond acceptors (Lipinski definition) is 2. The third-order valence-corrected chi connectivity index (χ3v) is 3.52. The van der Waals surface area contributed by atoms with Gasteiger partial charge in [0, 0.05) is 6.54 Å². The molecule has 5 heteroatoms. The minimum atomic E-state index is 0. The number of rotatable bonds is 4. The van der Waals surface area contributed by atoms with Crippen LogP contribution in [0.25, 0.3) is 5.57 Å². The van der Waals surface area contributed by atoms with Gasteiger partial charge in [0.1, 0.15) is 0 Å². The fourth-order valence-electron chi connectivity index (χ4n) is 2.42. The van der Waals surface area contributed by atoms with E-state index < -0.39 is 0 Å². The molecule has 137 valence electrons. The van der Waals surface area contributed by atoms with E-state index in [1.54, 1.807) is 0 Å². The van der Waals surface area contributed by atoms with Gasteiger partial charge >= 0.3 is 21.7 Å². The second-order valence-electron chi connectivity index (χ2n) is 5.81. The van der Waals surface area contributed by atoms with Gasteiger partial charge in [-0.1, -0.05) is 42.5 Å². The minimum absolute atomic E-state index is 0. The van der Waals surface area contributed by atoms with Crippen LogP contribution in [-0.4, -0.2) is 30.6 Å². The molecule has 0 amide bonds. The van der Waals surface area contributed by atoms with E-state index in [-0.39, 0.29) is 53.1 Å². The zero-order valence-corrected chi connectivity index (χ0v) is 18.2. The SMILES string of the molecule is CN(C)CC1=CCC(c2[c-]cccc2)=C1.OCc1ccccc1.[Cl-].[Cl-].[Ti+3]. The summed E-state index contributed by atoms with van der Waals surface area (Å²) < 4.78 is 0. The van der Waals surface area contributed by atoms with Crippen LogP contribution < -0.4 is 24.8 Å². The van der Waals surface area contributed by atoms with E-state index in [9.17, 15) is 0 Å². The standard InChI is InChI=1S/C14H16N.C7H8O.2ClH.Ti/c1-15(2)11-12-8-9-14(10-12)13-6-4-3-5-7-13;8-6-7-4-2-1-3-5-7;;;/h3-6,8,10H,9,11H2,1-2H3;1-5,8H,6H2;2*1H;/q-1;;;;+3/p-2. The van der Waals surface area contributed by atoms with Gasteiger partial charge in [0.2, 0.25) is 0 Å². The zero-order chi connectivity index (χ0) is 16.5. The van der Waals surface area contributed by atoms with Gasteiger partial charge in [0.25, 0.3) is 0 Å². The molecule has 0 bridgehead atoms. The van der Waals surface area contributed by atoms with E-state index in [4.69, 9.17) is 5.11 Å². The number of aliphatic hydroxyl groups excluding tert-OH is 1. The van der Waals surface area contributed by atoms with Gasteiger partial charge in [-0.05, 0) is 31.7 Å². The van der Waals surface area contributed by atoms with Crippen molar-refractivity contribution in [1.82, 2.24) is 4.90 Å². The number of allylic oxidation sites excluding steroid dienone is 2. The summed E-state index contributed by atoms with van der Waals surface area (Å²) >= 11 is 0. The molecule has 0 saturated carbocycles. The second kappa shape index (κ2) is 15.2. The van der Waals surface area contributed by atoms with E-state index >= 15 is 0 Å². The smallest absolute Gasteiger partial charge is 1.00 e. The average Bonchev–Trinajstić information content (AvgIpc) is 3.05. The van der Waals surface area contributed by atoms with Crippen molar-refractivity contribution in [3.8, 4) is 0 Å². The molecule has 0 fully saturated rings. The Morgan fingerprint density at radius 1 is 1.00 bits per heavy atom. The molecule has 2 aromatic rings. The van der Waals surface area contributed by atoms with Crippen molar-refractivity contribution in [2.45, 2.75) is 13.0 Å². The van der Waals surface area contributed by atoms with E-state index in [1.165, 1.54) is 16.7 Å². The molecule has 0 saturated heterocycles. The van der Waals surface area contributed by atoms with Crippen LogP contribution in [0, 0.1) is 6.07 Å². The summed E-state index contributed by atoms with van der Waals surface area (Å²) in [4.78, 5) is 2.19. The van der Waals surface area contributed by atoms with Gasteiger partial charge in [0.15, 0.2) is 0 Å². The molecule has 0 atom stereocenters. The zero-order valence-electron chi connectivity index (χ0n) is 15.1. The Kier molecular flexibility index (Phi) is 16.0. The number of nitrogens with zero attached hydrogens (tertiary/aromatic N) is 1. The van der Waals surface area contributed by atoms with Crippen LogP contribution in [0.1, 0.15) is 17.5 Å². The van der Waals surface area contributed by atoms with E-state index in [2.05, 4.69) is 49.3 Å². The average molecular weight is 425 g/mol. The molecule has 1 aliphatic carbocycles. The quantitative estimate of drug-likeness (QED) is 0.451. The molecular weight excluding hydrogens is 401 g/mol. The summed E-state index contributed by atoms with van der Waals surface area (Å²) in [5.74, 6) is 0. The summed E-state index contributed by atoms with van der Waals surface area (Å²) in [7, 11) is 4.20. The maximum Gasteiger partial charge on any atom is 3.00 e. The maximum atomic E-state index is 8.54. The minimum Gasteiger partial charge on any atom is -1.00 e. The topological polar surface area (TPSA) is 23.5 Å². The van der Waals surface area contributed by atoms with Gasteiger partial charge in [0.05, 0.1) is 6.61 Å². The van der Waals surface area contributed by atoms with Gasteiger partial charge in [-0.15, -0.1) is 41.5 Å². The number of halogens is 2.